The van der Waals surface area contributed by atoms with Crippen LogP contribution in [0.25, 0.3) is 0 Å². The predicted octanol–water partition coefficient (Wildman–Crippen LogP) is 0.926. The van der Waals surface area contributed by atoms with Crippen LogP contribution in [0.3, 0.4) is 0 Å². The Morgan fingerprint density at radius 3 is 2.91 bits per heavy atom. The number of rotatable bonds is 5. The van der Waals surface area contributed by atoms with Crippen LogP contribution in [0, 0.1) is 0 Å². The van der Waals surface area contributed by atoms with E-state index in [0.717, 1.165) is 51.4 Å². The van der Waals surface area contributed by atoms with Gasteiger partial charge in [-0.05, 0) is 12.8 Å². The molecular formula is C15H22N4O3S. The molecule has 2 aliphatic rings. The van der Waals surface area contributed by atoms with Gasteiger partial charge in [0.2, 0.25) is 11.8 Å². The number of thiazole rings is 1. The lowest BCUT2D eigenvalue weighted by Crippen LogP contribution is -2.40. The number of morpholine rings is 1. The molecule has 1 aromatic heterocycles. The maximum atomic E-state index is 12.1. The first kappa shape index (κ1) is 16.4. The average Bonchev–Trinajstić information content (AvgIpc) is 2.97. The molecular weight excluding hydrogens is 316 g/mol. The number of nitrogens with zero attached hydrogens (tertiary/aromatic N) is 3. The minimum Gasteiger partial charge on any atom is -0.379 e. The van der Waals surface area contributed by atoms with Crippen LogP contribution in [0.5, 0.6) is 0 Å². The fourth-order valence-electron chi connectivity index (χ4n) is 2.79. The van der Waals surface area contributed by atoms with Crippen molar-refractivity contribution in [3.8, 4) is 0 Å². The first-order valence-corrected chi connectivity index (χ1v) is 8.91. The molecule has 2 amide bonds. The number of piperidine rings is 1. The van der Waals surface area contributed by atoms with E-state index in [1.165, 1.54) is 11.3 Å². The Labute approximate surface area is 139 Å². The zero-order valence-corrected chi connectivity index (χ0v) is 13.9. The Balaban J connectivity index is 1.47. The molecule has 0 unspecified atom stereocenters. The van der Waals surface area contributed by atoms with E-state index in [1.54, 1.807) is 4.90 Å². The lowest BCUT2D eigenvalue weighted by Gasteiger charge is -2.25. The van der Waals surface area contributed by atoms with Gasteiger partial charge in [0, 0.05) is 38.0 Å². The lowest BCUT2D eigenvalue weighted by atomic mass is 10.1. The summed E-state index contributed by atoms with van der Waals surface area (Å²) in [6, 6.07) is 0. The molecule has 1 aromatic rings. The standard InChI is InChI=1S/C15H22N4O3S/c20-13(10-19-4-2-1-3-14(19)21)17-15-16-12(11-23-15)9-18-5-7-22-8-6-18/h11H,1-10H2,(H,16,17,20). The van der Waals surface area contributed by atoms with E-state index < -0.39 is 0 Å². The highest BCUT2D eigenvalue weighted by molar-refractivity contribution is 7.13. The number of hydrogen-bond acceptors (Lipinski definition) is 6. The number of carbonyl (C=O) groups is 2. The van der Waals surface area contributed by atoms with Crippen molar-refractivity contribution in [2.75, 3.05) is 44.7 Å². The van der Waals surface area contributed by atoms with E-state index in [1.807, 2.05) is 5.38 Å². The monoisotopic (exact) mass is 338 g/mol. The molecule has 0 saturated carbocycles. The summed E-state index contributed by atoms with van der Waals surface area (Å²) in [5.41, 5.74) is 0.959. The summed E-state index contributed by atoms with van der Waals surface area (Å²) in [4.78, 5) is 32.2. The van der Waals surface area contributed by atoms with Gasteiger partial charge < -0.3 is 15.0 Å². The van der Waals surface area contributed by atoms with Crippen LogP contribution in [-0.4, -0.2) is 66.0 Å². The third-order valence-electron chi connectivity index (χ3n) is 4.04. The quantitative estimate of drug-likeness (QED) is 0.864. The average molecular weight is 338 g/mol. The molecule has 1 N–H and O–H groups in total. The second kappa shape index (κ2) is 7.85. The summed E-state index contributed by atoms with van der Waals surface area (Å²) in [5, 5.41) is 5.37. The van der Waals surface area contributed by atoms with Crippen molar-refractivity contribution in [1.82, 2.24) is 14.8 Å². The number of anilines is 1. The van der Waals surface area contributed by atoms with Gasteiger partial charge in [-0.3, -0.25) is 14.5 Å². The van der Waals surface area contributed by atoms with Gasteiger partial charge >= 0.3 is 0 Å². The van der Waals surface area contributed by atoms with Crippen molar-refractivity contribution in [1.29, 1.82) is 0 Å². The van der Waals surface area contributed by atoms with Gasteiger partial charge in [0.05, 0.1) is 25.5 Å². The first-order chi connectivity index (χ1) is 11.2. The zero-order chi connectivity index (χ0) is 16.1. The first-order valence-electron chi connectivity index (χ1n) is 8.03. The number of nitrogens with one attached hydrogen (secondary N) is 1. The number of carbonyl (C=O) groups excluding carboxylic acids is 2. The summed E-state index contributed by atoms with van der Waals surface area (Å²) in [5.74, 6) is -0.105. The summed E-state index contributed by atoms with van der Waals surface area (Å²) in [7, 11) is 0. The molecule has 7 nitrogen and oxygen atoms in total. The molecule has 0 radical (unpaired) electrons. The third-order valence-corrected chi connectivity index (χ3v) is 4.85. The van der Waals surface area contributed by atoms with Gasteiger partial charge in [0.1, 0.15) is 0 Å². The molecule has 3 rings (SSSR count). The van der Waals surface area contributed by atoms with Gasteiger partial charge in [-0.1, -0.05) is 0 Å². The Morgan fingerprint density at radius 1 is 1.30 bits per heavy atom. The van der Waals surface area contributed by atoms with Crippen molar-refractivity contribution < 1.29 is 14.3 Å². The number of aromatic nitrogens is 1. The molecule has 2 aliphatic heterocycles. The van der Waals surface area contributed by atoms with Gasteiger partial charge in [-0.2, -0.15) is 0 Å². The predicted molar refractivity (Wildman–Crippen MR) is 87.3 cm³/mol. The van der Waals surface area contributed by atoms with Crippen molar-refractivity contribution in [2.24, 2.45) is 0 Å². The van der Waals surface area contributed by atoms with E-state index in [2.05, 4.69) is 15.2 Å². The van der Waals surface area contributed by atoms with Gasteiger partial charge in [-0.15, -0.1) is 11.3 Å². The Bertz CT molecular complexity index is 557. The maximum Gasteiger partial charge on any atom is 0.245 e. The van der Waals surface area contributed by atoms with Crippen LogP contribution in [0.15, 0.2) is 5.38 Å². The molecule has 0 spiro atoms. The van der Waals surface area contributed by atoms with Crippen LogP contribution >= 0.6 is 11.3 Å². The number of likely N-dealkylation sites (tertiary alicyclic amines) is 1. The van der Waals surface area contributed by atoms with Crippen LogP contribution in [0.4, 0.5) is 5.13 Å². The fourth-order valence-corrected chi connectivity index (χ4v) is 3.50. The second-order valence-corrected chi connectivity index (χ2v) is 6.71. The van der Waals surface area contributed by atoms with Crippen LogP contribution < -0.4 is 5.32 Å². The minimum absolute atomic E-state index is 0.0681. The van der Waals surface area contributed by atoms with Crippen molar-refractivity contribution in [3.05, 3.63) is 11.1 Å². The molecule has 3 heterocycles. The number of ether oxygens (including phenoxy) is 1. The van der Waals surface area contributed by atoms with Crippen LogP contribution in [-0.2, 0) is 20.9 Å². The molecule has 126 valence electrons. The minimum atomic E-state index is -0.174. The molecule has 0 bridgehead atoms. The Kier molecular flexibility index (Phi) is 5.58. The Morgan fingerprint density at radius 2 is 2.13 bits per heavy atom. The van der Waals surface area contributed by atoms with Crippen molar-refractivity contribution in [2.45, 2.75) is 25.8 Å². The summed E-state index contributed by atoms with van der Waals surface area (Å²) in [6.07, 6.45) is 2.45. The number of hydrogen-bond donors (Lipinski definition) is 1. The maximum absolute atomic E-state index is 12.1. The highest BCUT2D eigenvalue weighted by Gasteiger charge is 2.21. The topological polar surface area (TPSA) is 74.8 Å². The summed E-state index contributed by atoms with van der Waals surface area (Å²) in [6.45, 7) is 4.92. The van der Waals surface area contributed by atoms with Crippen molar-refractivity contribution in [3.63, 3.8) is 0 Å². The van der Waals surface area contributed by atoms with E-state index in [0.29, 0.717) is 18.1 Å². The van der Waals surface area contributed by atoms with E-state index in [9.17, 15) is 9.59 Å². The van der Waals surface area contributed by atoms with Gasteiger partial charge in [-0.25, -0.2) is 4.98 Å². The second-order valence-electron chi connectivity index (χ2n) is 5.85. The fraction of sp³-hybridized carbons (Fsp3) is 0.667. The van der Waals surface area contributed by atoms with E-state index in [4.69, 9.17) is 4.74 Å². The van der Waals surface area contributed by atoms with Gasteiger partial charge in [0.25, 0.3) is 0 Å². The smallest absolute Gasteiger partial charge is 0.245 e. The van der Waals surface area contributed by atoms with E-state index >= 15 is 0 Å². The van der Waals surface area contributed by atoms with E-state index in [-0.39, 0.29) is 18.4 Å². The number of amides is 2. The molecule has 0 aromatic carbocycles. The molecule has 0 atom stereocenters. The molecule has 2 saturated heterocycles. The zero-order valence-electron chi connectivity index (χ0n) is 13.1. The van der Waals surface area contributed by atoms with Crippen LogP contribution in [0.1, 0.15) is 25.0 Å². The van der Waals surface area contributed by atoms with Crippen molar-refractivity contribution >= 4 is 28.3 Å². The Hall–Kier alpha value is -1.51. The van der Waals surface area contributed by atoms with Crippen LogP contribution in [0.2, 0.25) is 0 Å². The molecule has 0 aliphatic carbocycles. The normalized spacial score (nSPS) is 19.8. The summed E-state index contributed by atoms with van der Waals surface area (Å²) >= 11 is 1.42. The molecule has 23 heavy (non-hydrogen) atoms. The summed E-state index contributed by atoms with van der Waals surface area (Å²) < 4.78 is 5.33. The third kappa shape index (κ3) is 4.73. The highest BCUT2D eigenvalue weighted by atomic mass is 32.1. The largest absolute Gasteiger partial charge is 0.379 e. The van der Waals surface area contributed by atoms with Gasteiger partial charge in [0.15, 0.2) is 5.13 Å². The SMILES string of the molecule is O=C(CN1CCCCC1=O)Nc1nc(CN2CCOCC2)cs1. The molecule has 8 heteroatoms. The molecule has 2 fully saturated rings. The lowest BCUT2D eigenvalue weighted by molar-refractivity contribution is -0.136. The highest BCUT2D eigenvalue weighted by Crippen LogP contribution is 2.18.